The van der Waals surface area contributed by atoms with E-state index in [1.807, 2.05) is 32.0 Å². The monoisotopic (exact) mass is 317 g/mol. The third kappa shape index (κ3) is 3.31. The van der Waals surface area contributed by atoms with Gasteiger partial charge in [0.25, 0.3) is 0 Å². The van der Waals surface area contributed by atoms with Crippen LogP contribution in [0.4, 0.5) is 14.5 Å². The fourth-order valence-corrected chi connectivity index (χ4v) is 2.31. The normalized spacial score (nSPS) is 11.3. The van der Waals surface area contributed by atoms with Crippen LogP contribution in [0.5, 0.6) is 0 Å². The van der Waals surface area contributed by atoms with Crippen LogP contribution >= 0.6 is 0 Å². The van der Waals surface area contributed by atoms with E-state index in [0.29, 0.717) is 18.9 Å². The number of hydrogen-bond donors (Lipinski definition) is 1. The lowest BCUT2D eigenvalue weighted by molar-refractivity contribution is 0.501. The number of pyridine rings is 1. The minimum Gasteiger partial charge on any atom is -0.440 e. The van der Waals surface area contributed by atoms with Crippen LogP contribution in [-0.2, 0) is 6.42 Å². The largest absolute Gasteiger partial charge is 0.440 e. The SMILES string of the molecule is CC(C)c1nc2cc(CCNc3c(F)cncc3F)ccc2o1. The molecule has 0 spiro atoms. The quantitative estimate of drug-likeness (QED) is 0.763. The molecule has 3 rings (SSSR count). The molecule has 0 aliphatic rings. The topological polar surface area (TPSA) is 51.0 Å². The van der Waals surface area contributed by atoms with Gasteiger partial charge in [-0.2, -0.15) is 0 Å². The second kappa shape index (κ2) is 6.32. The summed E-state index contributed by atoms with van der Waals surface area (Å²) in [6.45, 7) is 4.44. The van der Waals surface area contributed by atoms with E-state index >= 15 is 0 Å². The van der Waals surface area contributed by atoms with Crippen molar-refractivity contribution in [1.29, 1.82) is 0 Å². The number of hydrogen-bond acceptors (Lipinski definition) is 4. The van der Waals surface area contributed by atoms with Crippen LogP contribution in [-0.4, -0.2) is 16.5 Å². The summed E-state index contributed by atoms with van der Waals surface area (Å²) < 4.78 is 32.6. The fraction of sp³-hybridized carbons (Fsp3) is 0.294. The van der Waals surface area contributed by atoms with Gasteiger partial charge in [0, 0.05) is 12.5 Å². The summed E-state index contributed by atoms with van der Waals surface area (Å²) in [6, 6.07) is 5.74. The molecule has 0 atom stereocenters. The summed E-state index contributed by atoms with van der Waals surface area (Å²) in [4.78, 5) is 7.90. The van der Waals surface area contributed by atoms with E-state index in [1.165, 1.54) is 0 Å². The smallest absolute Gasteiger partial charge is 0.198 e. The Morgan fingerprint density at radius 2 is 1.91 bits per heavy atom. The van der Waals surface area contributed by atoms with Gasteiger partial charge in [-0.15, -0.1) is 0 Å². The number of fused-ring (bicyclic) bond motifs is 1. The summed E-state index contributed by atoms with van der Waals surface area (Å²) in [5, 5.41) is 2.77. The van der Waals surface area contributed by atoms with Crippen molar-refractivity contribution in [3.05, 3.63) is 53.7 Å². The molecule has 0 unspecified atom stereocenters. The van der Waals surface area contributed by atoms with Gasteiger partial charge in [-0.25, -0.2) is 13.8 Å². The van der Waals surface area contributed by atoms with Crippen molar-refractivity contribution in [3.8, 4) is 0 Å². The number of nitrogens with one attached hydrogen (secondary N) is 1. The maximum absolute atomic E-state index is 13.5. The summed E-state index contributed by atoms with van der Waals surface area (Å²) in [6.07, 6.45) is 2.58. The summed E-state index contributed by atoms with van der Waals surface area (Å²) in [5.41, 5.74) is 2.41. The van der Waals surface area contributed by atoms with E-state index in [2.05, 4.69) is 15.3 Å². The van der Waals surface area contributed by atoms with Gasteiger partial charge in [0.1, 0.15) is 11.2 Å². The highest BCUT2D eigenvalue weighted by Gasteiger charge is 2.11. The number of nitrogens with zero attached hydrogens (tertiary/aromatic N) is 2. The molecule has 1 aromatic carbocycles. The van der Waals surface area contributed by atoms with Gasteiger partial charge >= 0.3 is 0 Å². The molecule has 0 saturated heterocycles. The zero-order valence-electron chi connectivity index (χ0n) is 12.9. The van der Waals surface area contributed by atoms with Crippen molar-refractivity contribution >= 4 is 16.8 Å². The van der Waals surface area contributed by atoms with Crippen LogP contribution in [0.15, 0.2) is 35.0 Å². The predicted molar refractivity (Wildman–Crippen MR) is 84.4 cm³/mol. The zero-order chi connectivity index (χ0) is 16.4. The Hall–Kier alpha value is -2.50. The number of oxazole rings is 1. The second-order valence-electron chi connectivity index (χ2n) is 5.66. The highest BCUT2D eigenvalue weighted by molar-refractivity contribution is 5.73. The number of aromatic nitrogens is 2. The van der Waals surface area contributed by atoms with Crippen molar-refractivity contribution in [2.75, 3.05) is 11.9 Å². The Morgan fingerprint density at radius 3 is 2.61 bits per heavy atom. The molecule has 1 N–H and O–H groups in total. The molecular formula is C17H17F2N3O. The van der Waals surface area contributed by atoms with Crippen LogP contribution in [0.3, 0.4) is 0 Å². The number of halogens is 2. The molecule has 0 saturated carbocycles. The van der Waals surface area contributed by atoms with Crippen molar-refractivity contribution < 1.29 is 13.2 Å². The van der Waals surface area contributed by atoms with Crippen LogP contribution in [0.1, 0.15) is 31.2 Å². The average molecular weight is 317 g/mol. The van der Waals surface area contributed by atoms with Crippen molar-refractivity contribution in [3.63, 3.8) is 0 Å². The Labute approximate surface area is 132 Å². The molecule has 120 valence electrons. The minimum atomic E-state index is -0.696. The predicted octanol–water partition coefficient (Wildman–Crippen LogP) is 4.28. The van der Waals surface area contributed by atoms with E-state index in [-0.39, 0.29) is 11.6 Å². The Bertz CT molecular complexity index is 810. The highest BCUT2D eigenvalue weighted by Crippen LogP contribution is 2.22. The maximum Gasteiger partial charge on any atom is 0.198 e. The molecule has 0 fully saturated rings. The van der Waals surface area contributed by atoms with Crippen LogP contribution in [0, 0.1) is 11.6 Å². The lowest BCUT2D eigenvalue weighted by atomic mass is 10.1. The van der Waals surface area contributed by atoms with Gasteiger partial charge in [0.2, 0.25) is 0 Å². The van der Waals surface area contributed by atoms with E-state index in [4.69, 9.17) is 4.42 Å². The molecule has 0 radical (unpaired) electrons. The standard InChI is InChI=1S/C17H17F2N3O/c1-10(2)17-22-14-7-11(3-4-15(14)23-17)5-6-21-16-12(18)8-20-9-13(16)19/h3-4,7-10H,5-6H2,1-2H3,(H,20,21). The molecule has 0 aliphatic carbocycles. The van der Waals surface area contributed by atoms with Gasteiger partial charge in [0.05, 0.1) is 12.4 Å². The first-order valence-electron chi connectivity index (χ1n) is 7.47. The van der Waals surface area contributed by atoms with Crippen molar-refractivity contribution in [2.24, 2.45) is 0 Å². The molecule has 0 amide bonds. The van der Waals surface area contributed by atoms with Gasteiger partial charge in [-0.1, -0.05) is 19.9 Å². The maximum atomic E-state index is 13.5. The molecule has 0 bridgehead atoms. The van der Waals surface area contributed by atoms with Gasteiger partial charge in [-0.05, 0) is 24.1 Å². The molecule has 3 aromatic rings. The molecular weight excluding hydrogens is 300 g/mol. The second-order valence-corrected chi connectivity index (χ2v) is 5.66. The van der Waals surface area contributed by atoms with E-state index in [9.17, 15) is 8.78 Å². The number of benzene rings is 1. The zero-order valence-corrected chi connectivity index (χ0v) is 12.9. The molecule has 6 heteroatoms. The molecule has 23 heavy (non-hydrogen) atoms. The van der Waals surface area contributed by atoms with E-state index < -0.39 is 11.6 Å². The molecule has 4 nitrogen and oxygen atoms in total. The first-order chi connectivity index (χ1) is 11.0. The molecule has 0 aliphatic heterocycles. The Morgan fingerprint density at radius 1 is 1.17 bits per heavy atom. The summed E-state index contributed by atoms with van der Waals surface area (Å²) >= 11 is 0. The van der Waals surface area contributed by atoms with Crippen molar-refractivity contribution in [1.82, 2.24) is 9.97 Å². The lowest BCUT2D eigenvalue weighted by Gasteiger charge is -2.08. The van der Waals surface area contributed by atoms with Gasteiger partial charge in [0.15, 0.2) is 23.1 Å². The average Bonchev–Trinajstić information content (AvgIpc) is 2.94. The number of rotatable bonds is 5. The van der Waals surface area contributed by atoms with E-state index in [0.717, 1.165) is 29.1 Å². The van der Waals surface area contributed by atoms with E-state index in [1.54, 1.807) is 0 Å². The molecule has 2 heterocycles. The Balaban J connectivity index is 1.70. The minimum absolute atomic E-state index is 0.149. The number of anilines is 1. The first kappa shape index (κ1) is 15.4. The first-order valence-corrected chi connectivity index (χ1v) is 7.47. The third-order valence-electron chi connectivity index (χ3n) is 3.53. The lowest BCUT2D eigenvalue weighted by Crippen LogP contribution is -2.08. The fourth-order valence-electron chi connectivity index (χ4n) is 2.31. The van der Waals surface area contributed by atoms with Crippen LogP contribution in [0.25, 0.3) is 11.1 Å². The third-order valence-corrected chi connectivity index (χ3v) is 3.53. The van der Waals surface area contributed by atoms with Gasteiger partial charge < -0.3 is 9.73 Å². The highest BCUT2D eigenvalue weighted by atomic mass is 19.1. The van der Waals surface area contributed by atoms with Crippen LogP contribution < -0.4 is 5.32 Å². The van der Waals surface area contributed by atoms with Gasteiger partial charge in [-0.3, -0.25) is 4.98 Å². The Kier molecular flexibility index (Phi) is 4.23. The van der Waals surface area contributed by atoms with Crippen LogP contribution in [0.2, 0.25) is 0 Å². The summed E-state index contributed by atoms with van der Waals surface area (Å²) in [7, 11) is 0. The van der Waals surface area contributed by atoms with Crippen molar-refractivity contribution in [2.45, 2.75) is 26.2 Å². The molecule has 2 aromatic heterocycles. The summed E-state index contributed by atoms with van der Waals surface area (Å²) in [5.74, 6) is -0.460.